The van der Waals surface area contributed by atoms with Gasteiger partial charge in [-0.3, -0.25) is 0 Å². The summed E-state index contributed by atoms with van der Waals surface area (Å²) in [7, 11) is -3.02. The van der Waals surface area contributed by atoms with Crippen molar-refractivity contribution in [3.05, 3.63) is 0 Å². The average Bonchev–Trinajstić information content (AvgIpc) is 2.18. The summed E-state index contributed by atoms with van der Waals surface area (Å²) in [5.74, 6) is 0.435. The van der Waals surface area contributed by atoms with Crippen molar-refractivity contribution in [3.8, 4) is 0 Å². The van der Waals surface area contributed by atoms with Crippen LogP contribution in [0.4, 0.5) is 0 Å². The van der Waals surface area contributed by atoms with Gasteiger partial charge in [0.25, 0.3) is 0 Å². The highest BCUT2D eigenvalue weighted by Crippen LogP contribution is 2.22. The van der Waals surface area contributed by atoms with Gasteiger partial charge in [0.15, 0.2) is 0 Å². The molecule has 1 rings (SSSR count). The van der Waals surface area contributed by atoms with E-state index in [9.17, 15) is 13.5 Å². The molecule has 5 heteroatoms. The molecule has 0 saturated carbocycles. The normalized spacial score (nSPS) is 23.6. The fourth-order valence-corrected chi connectivity index (χ4v) is 2.95. The minimum Gasteiger partial charge on any atom is -0.393 e. The number of aliphatic hydroxyl groups is 1. The van der Waals surface area contributed by atoms with Crippen LogP contribution in [0.1, 0.15) is 26.7 Å². The molecule has 0 aromatic rings. The molecule has 0 aromatic carbocycles. The van der Waals surface area contributed by atoms with Gasteiger partial charge in [0, 0.05) is 13.1 Å². The molecular weight excluding hydrogens is 202 g/mol. The van der Waals surface area contributed by atoms with E-state index in [0.717, 1.165) is 12.8 Å². The summed E-state index contributed by atoms with van der Waals surface area (Å²) >= 11 is 0. The van der Waals surface area contributed by atoms with Crippen LogP contribution < -0.4 is 0 Å². The van der Waals surface area contributed by atoms with Gasteiger partial charge in [0.05, 0.1) is 11.9 Å². The Hall–Kier alpha value is -0.130. The Kier molecular flexibility index (Phi) is 3.92. The zero-order valence-electron chi connectivity index (χ0n) is 8.81. The molecule has 1 heterocycles. The van der Waals surface area contributed by atoms with Crippen LogP contribution >= 0.6 is 0 Å². The summed E-state index contributed by atoms with van der Waals surface area (Å²) in [6.45, 7) is 4.56. The molecule has 1 atom stereocenters. The number of piperidine rings is 1. The highest BCUT2D eigenvalue weighted by atomic mass is 32.2. The lowest BCUT2D eigenvalue weighted by Crippen LogP contribution is -2.41. The first-order valence-corrected chi connectivity index (χ1v) is 6.74. The molecule has 0 aromatic heterocycles. The van der Waals surface area contributed by atoms with Crippen molar-refractivity contribution in [2.24, 2.45) is 5.92 Å². The maximum atomic E-state index is 11.5. The molecule has 1 aliphatic heterocycles. The molecule has 1 fully saturated rings. The Labute approximate surface area is 86.0 Å². The third kappa shape index (κ3) is 2.68. The van der Waals surface area contributed by atoms with Gasteiger partial charge in [-0.05, 0) is 32.6 Å². The SMILES string of the molecule is CCS(=O)(=O)N1CCC(C(C)O)CC1. The zero-order valence-corrected chi connectivity index (χ0v) is 9.63. The fraction of sp³-hybridized carbons (Fsp3) is 1.00. The van der Waals surface area contributed by atoms with Crippen molar-refractivity contribution in [1.29, 1.82) is 0 Å². The Morgan fingerprint density at radius 1 is 1.43 bits per heavy atom. The fourth-order valence-electron chi connectivity index (χ4n) is 1.82. The van der Waals surface area contributed by atoms with Crippen molar-refractivity contribution in [2.75, 3.05) is 18.8 Å². The van der Waals surface area contributed by atoms with Crippen LogP contribution in [0, 0.1) is 5.92 Å². The van der Waals surface area contributed by atoms with E-state index in [4.69, 9.17) is 0 Å². The molecule has 1 saturated heterocycles. The van der Waals surface area contributed by atoms with E-state index >= 15 is 0 Å². The maximum Gasteiger partial charge on any atom is 0.213 e. The Bertz CT molecular complexity index is 266. The number of rotatable bonds is 3. The zero-order chi connectivity index (χ0) is 10.8. The number of sulfonamides is 1. The largest absolute Gasteiger partial charge is 0.393 e. The van der Waals surface area contributed by atoms with Gasteiger partial charge in [0.1, 0.15) is 0 Å². The molecule has 4 nitrogen and oxygen atoms in total. The van der Waals surface area contributed by atoms with Crippen molar-refractivity contribution in [2.45, 2.75) is 32.8 Å². The van der Waals surface area contributed by atoms with Crippen LogP contribution in [0.3, 0.4) is 0 Å². The highest BCUT2D eigenvalue weighted by molar-refractivity contribution is 7.89. The quantitative estimate of drug-likeness (QED) is 0.752. The number of hydrogen-bond acceptors (Lipinski definition) is 3. The van der Waals surface area contributed by atoms with E-state index in [1.54, 1.807) is 13.8 Å². The van der Waals surface area contributed by atoms with Gasteiger partial charge in [-0.15, -0.1) is 0 Å². The van der Waals surface area contributed by atoms with Crippen molar-refractivity contribution in [1.82, 2.24) is 4.31 Å². The third-order valence-electron chi connectivity index (χ3n) is 2.94. The molecule has 14 heavy (non-hydrogen) atoms. The van der Waals surface area contributed by atoms with Gasteiger partial charge in [-0.2, -0.15) is 0 Å². The van der Waals surface area contributed by atoms with Gasteiger partial charge in [0.2, 0.25) is 10.0 Å². The van der Waals surface area contributed by atoms with Crippen molar-refractivity contribution < 1.29 is 13.5 Å². The molecule has 1 aliphatic rings. The van der Waals surface area contributed by atoms with Gasteiger partial charge in [-0.1, -0.05) is 0 Å². The summed E-state index contributed by atoms with van der Waals surface area (Å²) in [6.07, 6.45) is 1.23. The Morgan fingerprint density at radius 2 is 1.93 bits per heavy atom. The smallest absolute Gasteiger partial charge is 0.213 e. The summed E-state index contributed by atoms with van der Waals surface area (Å²) in [4.78, 5) is 0. The Balaban J connectivity index is 2.52. The summed E-state index contributed by atoms with van der Waals surface area (Å²) in [6, 6.07) is 0. The highest BCUT2D eigenvalue weighted by Gasteiger charge is 2.28. The van der Waals surface area contributed by atoms with Crippen molar-refractivity contribution >= 4 is 10.0 Å². The first-order valence-electron chi connectivity index (χ1n) is 5.13. The predicted octanol–water partition coefficient (Wildman–Crippen LogP) is 0.429. The average molecular weight is 221 g/mol. The first-order chi connectivity index (χ1) is 6.47. The van der Waals surface area contributed by atoms with E-state index in [1.165, 1.54) is 4.31 Å². The number of hydrogen-bond donors (Lipinski definition) is 1. The first kappa shape index (κ1) is 11.9. The van der Waals surface area contributed by atoms with E-state index in [0.29, 0.717) is 13.1 Å². The molecule has 0 aliphatic carbocycles. The number of nitrogens with zero attached hydrogens (tertiary/aromatic N) is 1. The lowest BCUT2D eigenvalue weighted by Gasteiger charge is -2.32. The van der Waals surface area contributed by atoms with E-state index < -0.39 is 10.0 Å². The third-order valence-corrected chi connectivity index (χ3v) is 4.82. The minimum absolute atomic E-state index is 0.173. The molecule has 1 N–H and O–H groups in total. The predicted molar refractivity (Wildman–Crippen MR) is 55.4 cm³/mol. The van der Waals surface area contributed by atoms with Crippen LogP contribution in [0.15, 0.2) is 0 Å². The topological polar surface area (TPSA) is 57.6 Å². The van der Waals surface area contributed by atoms with Crippen LogP contribution in [0.5, 0.6) is 0 Å². The summed E-state index contributed by atoms with van der Waals surface area (Å²) in [5, 5.41) is 9.36. The molecular formula is C9H19NO3S. The van der Waals surface area contributed by atoms with Crippen LogP contribution in [-0.2, 0) is 10.0 Å². The van der Waals surface area contributed by atoms with Gasteiger partial charge >= 0.3 is 0 Å². The van der Waals surface area contributed by atoms with Gasteiger partial charge < -0.3 is 5.11 Å². The molecule has 0 bridgehead atoms. The lowest BCUT2D eigenvalue weighted by molar-refractivity contribution is 0.0912. The molecule has 0 amide bonds. The lowest BCUT2D eigenvalue weighted by atomic mass is 9.93. The minimum atomic E-state index is -3.02. The second-order valence-electron chi connectivity index (χ2n) is 3.88. The van der Waals surface area contributed by atoms with E-state index in [1.807, 2.05) is 0 Å². The molecule has 84 valence electrons. The summed E-state index contributed by atoms with van der Waals surface area (Å²) < 4.78 is 24.5. The van der Waals surface area contributed by atoms with Crippen LogP contribution in [0.2, 0.25) is 0 Å². The molecule has 1 unspecified atom stereocenters. The molecule has 0 radical (unpaired) electrons. The monoisotopic (exact) mass is 221 g/mol. The standard InChI is InChI=1S/C9H19NO3S/c1-3-14(12,13)10-6-4-9(5-7-10)8(2)11/h8-9,11H,3-7H2,1-2H3. The van der Waals surface area contributed by atoms with Crippen molar-refractivity contribution in [3.63, 3.8) is 0 Å². The second-order valence-corrected chi connectivity index (χ2v) is 6.14. The van der Waals surface area contributed by atoms with E-state index in [2.05, 4.69) is 0 Å². The van der Waals surface area contributed by atoms with E-state index in [-0.39, 0.29) is 17.8 Å². The Morgan fingerprint density at radius 3 is 2.29 bits per heavy atom. The number of aliphatic hydroxyl groups excluding tert-OH is 1. The second kappa shape index (κ2) is 4.59. The molecule has 0 spiro atoms. The van der Waals surface area contributed by atoms with Crippen LogP contribution in [-0.4, -0.2) is 42.8 Å². The summed E-state index contributed by atoms with van der Waals surface area (Å²) in [5.41, 5.74) is 0. The van der Waals surface area contributed by atoms with Crippen LogP contribution in [0.25, 0.3) is 0 Å². The van der Waals surface area contributed by atoms with Gasteiger partial charge in [-0.25, -0.2) is 12.7 Å². The maximum absolute atomic E-state index is 11.5.